The van der Waals surface area contributed by atoms with Crippen LogP contribution in [0.25, 0.3) is 16.8 Å². The molecule has 0 spiro atoms. The zero-order valence-electron chi connectivity index (χ0n) is 17.6. The van der Waals surface area contributed by atoms with E-state index in [9.17, 15) is 4.79 Å². The molecule has 0 aliphatic carbocycles. The highest BCUT2D eigenvalue weighted by molar-refractivity contribution is 5.83. The maximum absolute atomic E-state index is 11.7. The summed E-state index contributed by atoms with van der Waals surface area (Å²) in [4.78, 5) is 25.4. The molecule has 0 bridgehead atoms. The third kappa shape index (κ3) is 4.32. The predicted octanol–water partition coefficient (Wildman–Crippen LogP) is 3.63. The van der Waals surface area contributed by atoms with E-state index in [-0.39, 0.29) is 12.5 Å². The van der Waals surface area contributed by atoms with Crippen LogP contribution in [0.1, 0.15) is 30.3 Å². The van der Waals surface area contributed by atoms with Gasteiger partial charge in [-0.2, -0.15) is 14.5 Å². The molecule has 2 heterocycles. The zero-order chi connectivity index (χ0) is 21.1. The molecule has 1 unspecified atom stereocenters. The van der Waals surface area contributed by atoms with E-state index in [0.717, 1.165) is 45.3 Å². The van der Waals surface area contributed by atoms with E-state index >= 15 is 0 Å². The van der Waals surface area contributed by atoms with Crippen LogP contribution in [0.3, 0.4) is 0 Å². The van der Waals surface area contributed by atoms with Crippen LogP contribution in [0.2, 0.25) is 0 Å². The van der Waals surface area contributed by atoms with Crippen molar-refractivity contribution >= 4 is 17.4 Å². The van der Waals surface area contributed by atoms with E-state index in [2.05, 4.69) is 15.1 Å². The van der Waals surface area contributed by atoms with Crippen LogP contribution in [0.4, 0.5) is 5.82 Å². The quantitative estimate of drug-likeness (QED) is 0.480. The van der Waals surface area contributed by atoms with E-state index in [4.69, 9.17) is 14.8 Å². The molecule has 0 radical (unpaired) electrons. The van der Waals surface area contributed by atoms with Crippen molar-refractivity contribution in [2.24, 2.45) is 0 Å². The number of benzene rings is 1. The first-order valence-corrected chi connectivity index (χ1v) is 9.36. The Kier molecular flexibility index (Phi) is 6.03. The first kappa shape index (κ1) is 20.6. The maximum Gasteiger partial charge on any atom is 0.344 e. The Morgan fingerprint density at radius 2 is 1.97 bits per heavy atom. The van der Waals surface area contributed by atoms with Crippen LogP contribution in [-0.2, 0) is 14.6 Å². The van der Waals surface area contributed by atoms with Crippen molar-refractivity contribution in [3.63, 3.8) is 0 Å². The Morgan fingerprint density at radius 3 is 2.62 bits per heavy atom. The smallest absolute Gasteiger partial charge is 0.344 e. The summed E-state index contributed by atoms with van der Waals surface area (Å²) in [5.41, 5.74) is 5.58. The number of carbonyl (C=O) groups is 1. The molecule has 0 saturated heterocycles. The topological polar surface area (TPSA) is 87.0 Å². The van der Waals surface area contributed by atoms with Crippen molar-refractivity contribution in [3.8, 4) is 16.9 Å². The van der Waals surface area contributed by atoms with Crippen LogP contribution in [0.15, 0.2) is 24.3 Å². The van der Waals surface area contributed by atoms with Crippen LogP contribution in [0, 0.1) is 20.8 Å². The number of ether oxygens (including phenoxy) is 1. The average Bonchev–Trinajstić information content (AvgIpc) is 2.97. The lowest BCUT2D eigenvalue weighted by Gasteiger charge is -2.15. The summed E-state index contributed by atoms with van der Waals surface area (Å²) in [6.07, 6.45) is 0.154. The van der Waals surface area contributed by atoms with E-state index in [1.807, 2.05) is 52.0 Å². The van der Waals surface area contributed by atoms with Gasteiger partial charge < -0.3 is 10.1 Å². The van der Waals surface area contributed by atoms with Crippen LogP contribution >= 0.6 is 0 Å². The second kappa shape index (κ2) is 8.48. The number of methoxy groups -OCH3 is 1. The van der Waals surface area contributed by atoms with Crippen molar-refractivity contribution < 1.29 is 19.3 Å². The number of hydrogen-bond donors (Lipinski definition) is 1. The highest BCUT2D eigenvalue weighted by Crippen LogP contribution is 2.33. The number of aryl methyl sites for hydroxylation is 3. The third-order valence-corrected chi connectivity index (χ3v) is 4.64. The Balaban J connectivity index is 2.03. The zero-order valence-corrected chi connectivity index (χ0v) is 17.6. The molecule has 29 heavy (non-hydrogen) atoms. The van der Waals surface area contributed by atoms with Gasteiger partial charge in [0.15, 0.2) is 5.65 Å². The number of nitrogens with zero attached hydrogens (tertiary/aromatic N) is 3. The van der Waals surface area contributed by atoms with Gasteiger partial charge in [-0.1, -0.05) is 6.07 Å². The number of rotatable bonds is 7. The predicted molar refractivity (Wildman–Crippen MR) is 110 cm³/mol. The normalized spacial score (nSPS) is 12.1. The van der Waals surface area contributed by atoms with Gasteiger partial charge in [0.25, 0.3) is 0 Å². The van der Waals surface area contributed by atoms with E-state index in [0.29, 0.717) is 0 Å². The number of fused-ring (bicyclic) bond motifs is 1. The minimum absolute atomic E-state index is 0.154. The van der Waals surface area contributed by atoms with Crippen LogP contribution in [-0.4, -0.2) is 40.8 Å². The first-order valence-electron chi connectivity index (χ1n) is 9.36. The van der Waals surface area contributed by atoms with E-state index in [1.54, 1.807) is 11.6 Å². The molecule has 0 saturated carbocycles. The monoisotopic (exact) mass is 398 g/mol. The fourth-order valence-electron chi connectivity index (χ4n) is 3.39. The summed E-state index contributed by atoms with van der Waals surface area (Å²) in [5, 5.41) is 8.03. The van der Waals surface area contributed by atoms with E-state index < -0.39 is 5.97 Å². The lowest BCUT2D eigenvalue weighted by atomic mass is 10.0. The van der Waals surface area contributed by atoms with Crippen LogP contribution in [0.5, 0.6) is 5.75 Å². The summed E-state index contributed by atoms with van der Waals surface area (Å²) >= 11 is 0. The summed E-state index contributed by atoms with van der Waals surface area (Å²) in [5.74, 6) is 1.12. The van der Waals surface area contributed by atoms with Gasteiger partial charge in [0, 0.05) is 23.4 Å². The standard InChI is InChI=1S/C21H26N4O4/c1-12-9-16(27-5)7-8-17(12)20-15(4)24-25-18(10-13(2)23-21(20)25)22-14(3)11-19(26)29-28-6/h7-10,14,22H,11H2,1-6H3. The fraction of sp³-hybridized carbons (Fsp3) is 0.381. The molecule has 0 aliphatic rings. The number of anilines is 1. The molecule has 3 aromatic rings. The Morgan fingerprint density at radius 1 is 1.21 bits per heavy atom. The van der Waals surface area contributed by atoms with Gasteiger partial charge in [-0.15, -0.1) is 0 Å². The SMILES string of the molecule is COOC(=O)CC(C)Nc1cc(C)nc2c(-c3ccc(OC)cc3C)c(C)nn12. The molecule has 1 aromatic carbocycles. The second-order valence-corrected chi connectivity index (χ2v) is 7.03. The van der Waals surface area contributed by atoms with Gasteiger partial charge in [0.05, 0.1) is 26.3 Å². The molecule has 3 rings (SSSR count). The van der Waals surface area contributed by atoms with Crippen molar-refractivity contribution in [2.45, 2.75) is 40.2 Å². The molecular weight excluding hydrogens is 372 g/mol. The van der Waals surface area contributed by atoms with Crippen molar-refractivity contribution in [3.05, 3.63) is 41.2 Å². The Bertz CT molecular complexity index is 1040. The van der Waals surface area contributed by atoms with Gasteiger partial charge >= 0.3 is 5.97 Å². The summed E-state index contributed by atoms with van der Waals surface area (Å²) in [6.45, 7) is 7.83. The highest BCUT2D eigenvalue weighted by Gasteiger charge is 2.19. The highest BCUT2D eigenvalue weighted by atomic mass is 17.2. The van der Waals surface area contributed by atoms with Gasteiger partial charge in [-0.3, -0.25) is 4.89 Å². The molecule has 8 nitrogen and oxygen atoms in total. The van der Waals surface area contributed by atoms with E-state index in [1.165, 1.54) is 7.11 Å². The molecule has 0 amide bonds. The van der Waals surface area contributed by atoms with Crippen molar-refractivity contribution in [2.75, 3.05) is 19.5 Å². The Labute approximate surface area is 169 Å². The maximum atomic E-state index is 11.7. The molecule has 8 heteroatoms. The molecule has 0 fully saturated rings. The molecule has 1 atom stereocenters. The van der Waals surface area contributed by atoms with Gasteiger partial charge in [0.2, 0.25) is 0 Å². The number of carbonyl (C=O) groups excluding carboxylic acids is 1. The lowest BCUT2D eigenvalue weighted by Crippen LogP contribution is -2.22. The molecule has 2 aromatic heterocycles. The summed E-state index contributed by atoms with van der Waals surface area (Å²) in [6, 6.07) is 7.68. The molecule has 154 valence electrons. The Hall–Kier alpha value is -3.13. The van der Waals surface area contributed by atoms with Gasteiger partial charge in [-0.25, -0.2) is 9.78 Å². The average molecular weight is 398 g/mol. The second-order valence-electron chi connectivity index (χ2n) is 7.03. The first-order chi connectivity index (χ1) is 13.8. The molecule has 0 aliphatic heterocycles. The van der Waals surface area contributed by atoms with Gasteiger partial charge in [0.1, 0.15) is 11.6 Å². The summed E-state index contributed by atoms with van der Waals surface area (Å²) in [7, 11) is 2.96. The van der Waals surface area contributed by atoms with Crippen LogP contribution < -0.4 is 10.1 Å². The third-order valence-electron chi connectivity index (χ3n) is 4.64. The minimum Gasteiger partial charge on any atom is -0.497 e. The lowest BCUT2D eigenvalue weighted by molar-refractivity contribution is -0.255. The molecule has 1 N–H and O–H groups in total. The molecular formula is C21H26N4O4. The van der Waals surface area contributed by atoms with Crippen molar-refractivity contribution in [1.29, 1.82) is 0 Å². The number of nitrogens with one attached hydrogen (secondary N) is 1. The summed E-state index contributed by atoms with van der Waals surface area (Å²) < 4.78 is 7.10. The number of hydrogen-bond acceptors (Lipinski definition) is 7. The minimum atomic E-state index is -0.444. The van der Waals surface area contributed by atoms with Crippen molar-refractivity contribution in [1.82, 2.24) is 14.6 Å². The van der Waals surface area contributed by atoms with Gasteiger partial charge in [-0.05, 0) is 51.0 Å². The number of aromatic nitrogens is 3. The largest absolute Gasteiger partial charge is 0.497 e. The fourth-order valence-corrected chi connectivity index (χ4v) is 3.39.